The Morgan fingerprint density at radius 3 is 2.44 bits per heavy atom. The summed E-state index contributed by atoms with van der Waals surface area (Å²) >= 11 is 0. The van der Waals surface area contributed by atoms with Crippen molar-refractivity contribution in [3.63, 3.8) is 0 Å². The number of hydrogen-bond donors (Lipinski definition) is 3. The quantitative estimate of drug-likeness (QED) is 0.307. The lowest BCUT2D eigenvalue weighted by Crippen LogP contribution is -2.54. The van der Waals surface area contributed by atoms with Gasteiger partial charge in [-0.1, -0.05) is 48.5 Å². The van der Waals surface area contributed by atoms with Crippen LogP contribution in [0.3, 0.4) is 0 Å². The van der Waals surface area contributed by atoms with Crippen LogP contribution in [-0.2, 0) is 35.5 Å². The molecule has 3 heterocycles. The van der Waals surface area contributed by atoms with Gasteiger partial charge in [0.1, 0.15) is 23.3 Å². The van der Waals surface area contributed by atoms with Crippen molar-refractivity contribution in [2.24, 2.45) is 0 Å². The standard InChI is InChI=1S/C33H36N4O4/c1-22-9-15-27(41-22)21-34-29-17-23-10-13-26(14-11-23)36-28-18-25(12-16-31(28)40-3)19-30(37(2)33(29)39)32(38)35-20-24-7-5-4-6-8-24/h4-16,18,29-30,34,36H,17,19-21H2,1-3H3,(H,35,38)/t29-,30+/m0/s1. The van der Waals surface area contributed by atoms with Crippen molar-refractivity contribution in [2.45, 2.75) is 44.9 Å². The van der Waals surface area contributed by atoms with E-state index in [0.29, 0.717) is 31.7 Å². The molecule has 8 nitrogen and oxygen atoms in total. The molecule has 3 aromatic carbocycles. The van der Waals surface area contributed by atoms with E-state index in [1.807, 2.05) is 91.9 Å². The molecule has 2 atom stereocenters. The fourth-order valence-electron chi connectivity index (χ4n) is 5.08. The van der Waals surface area contributed by atoms with Crippen LogP contribution in [0.2, 0.25) is 0 Å². The average molecular weight is 553 g/mol. The molecule has 2 amide bonds. The Hall–Kier alpha value is -4.56. The van der Waals surface area contributed by atoms with Crippen molar-refractivity contribution in [2.75, 3.05) is 19.5 Å². The van der Waals surface area contributed by atoms with E-state index in [-0.39, 0.29) is 11.8 Å². The van der Waals surface area contributed by atoms with E-state index in [1.54, 1.807) is 19.1 Å². The van der Waals surface area contributed by atoms with Gasteiger partial charge in [-0.05, 0) is 66.4 Å². The molecule has 1 aromatic heterocycles. The average Bonchev–Trinajstić information content (AvgIpc) is 3.42. The lowest BCUT2D eigenvalue weighted by atomic mass is 9.99. The molecule has 2 aliphatic heterocycles. The minimum atomic E-state index is -0.730. The zero-order chi connectivity index (χ0) is 28.8. The molecule has 0 spiro atoms. The van der Waals surface area contributed by atoms with Crippen LogP contribution in [0.1, 0.15) is 28.2 Å². The van der Waals surface area contributed by atoms with Gasteiger partial charge in [-0.3, -0.25) is 14.9 Å². The maximum atomic E-state index is 14.1. The Morgan fingerprint density at radius 1 is 0.976 bits per heavy atom. The van der Waals surface area contributed by atoms with E-state index in [9.17, 15) is 9.59 Å². The van der Waals surface area contributed by atoms with E-state index in [2.05, 4.69) is 16.0 Å². The number of likely N-dealkylation sites (N-methyl/N-ethyl adjacent to an activating group) is 1. The number of rotatable bonds is 7. The fourth-order valence-corrected chi connectivity index (χ4v) is 5.08. The molecule has 212 valence electrons. The predicted molar refractivity (Wildman–Crippen MR) is 159 cm³/mol. The molecule has 0 saturated carbocycles. The van der Waals surface area contributed by atoms with Crippen molar-refractivity contribution in [1.82, 2.24) is 15.5 Å². The molecule has 0 aliphatic carbocycles. The zero-order valence-corrected chi connectivity index (χ0v) is 23.6. The first-order valence-corrected chi connectivity index (χ1v) is 13.8. The number of carbonyl (C=O) groups excluding carboxylic acids is 2. The fraction of sp³-hybridized carbons (Fsp3) is 0.273. The monoisotopic (exact) mass is 552 g/mol. The third kappa shape index (κ3) is 6.96. The first-order chi connectivity index (χ1) is 19.9. The van der Waals surface area contributed by atoms with Crippen LogP contribution in [-0.4, -0.2) is 43.0 Å². The second-order valence-electron chi connectivity index (χ2n) is 10.4. The number of amides is 2. The van der Waals surface area contributed by atoms with Crippen LogP contribution >= 0.6 is 0 Å². The number of nitrogens with one attached hydrogen (secondary N) is 3. The molecule has 3 N–H and O–H groups in total. The lowest BCUT2D eigenvalue weighted by molar-refractivity contribution is -0.140. The van der Waals surface area contributed by atoms with E-state index in [1.165, 1.54) is 0 Å². The Morgan fingerprint density at radius 2 is 1.73 bits per heavy atom. The Kier molecular flexibility index (Phi) is 8.70. The molecule has 4 bridgehead atoms. The molecule has 2 aliphatic rings. The molecule has 8 heteroatoms. The van der Waals surface area contributed by atoms with Gasteiger partial charge in [0.15, 0.2) is 0 Å². The highest BCUT2D eigenvalue weighted by Crippen LogP contribution is 2.30. The van der Waals surface area contributed by atoms with Gasteiger partial charge in [-0.25, -0.2) is 0 Å². The molecule has 0 fully saturated rings. The van der Waals surface area contributed by atoms with Crippen LogP contribution < -0.4 is 20.7 Å². The highest BCUT2D eigenvalue weighted by Gasteiger charge is 2.32. The van der Waals surface area contributed by atoms with Gasteiger partial charge in [-0.15, -0.1) is 0 Å². The summed E-state index contributed by atoms with van der Waals surface area (Å²) in [5, 5.41) is 9.88. The summed E-state index contributed by atoms with van der Waals surface area (Å²) in [6, 6.07) is 26.0. The molecular formula is C33H36N4O4. The number of fused-ring (bicyclic) bond motifs is 7. The number of nitrogens with zero attached hydrogens (tertiary/aromatic N) is 1. The van der Waals surface area contributed by atoms with Crippen molar-refractivity contribution in [1.29, 1.82) is 0 Å². The van der Waals surface area contributed by atoms with E-state index in [0.717, 1.165) is 39.6 Å². The smallest absolute Gasteiger partial charge is 0.243 e. The molecule has 4 aromatic rings. The van der Waals surface area contributed by atoms with Crippen LogP contribution in [0.4, 0.5) is 11.4 Å². The Balaban J connectivity index is 1.47. The number of benzene rings is 3. The molecule has 6 rings (SSSR count). The van der Waals surface area contributed by atoms with Crippen LogP contribution in [0.5, 0.6) is 5.75 Å². The second kappa shape index (κ2) is 12.7. The van der Waals surface area contributed by atoms with Crippen LogP contribution in [0.25, 0.3) is 0 Å². The number of methoxy groups -OCH3 is 1. The maximum absolute atomic E-state index is 14.1. The summed E-state index contributed by atoms with van der Waals surface area (Å²) in [5.41, 5.74) is 4.58. The molecule has 41 heavy (non-hydrogen) atoms. The second-order valence-corrected chi connectivity index (χ2v) is 10.4. The number of aryl methyl sites for hydroxylation is 1. The summed E-state index contributed by atoms with van der Waals surface area (Å²) in [5.74, 6) is 1.87. The van der Waals surface area contributed by atoms with Gasteiger partial charge >= 0.3 is 0 Å². The number of ether oxygens (including phenoxy) is 1. The first-order valence-electron chi connectivity index (χ1n) is 13.8. The zero-order valence-electron chi connectivity index (χ0n) is 23.6. The lowest BCUT2D eigenvalue weighted by Gasteiger charge is -2.31. The molecule has 0 radical (unpaired) electrons. The highest BCUT2D eigenvalue weighted by molar-refractivity contribution is 5.90. The van der Waals surface area contributed by atoms with E-state index >= 15 is 0 Å². The SMILES string of the molecule is COc1ccc2cc1Nc1ccc(cc1)C[C@H](NCc1ccc(C)o1)C(=O)N(C)[C@@H](C(=O)NCc1ccccc1)C2. The largest absolute Gasteiger partial charge is 0.495 e. The van der Waals surface area contributed by atoms with Gasteiger partial charge in [0.05, 0.1) is 25.4 Å². The van der Waals surface area contributed by atoms with Crippen LogP contribution in [0.15, 0.2) is 89.3 Å². The summed E-state index contributed by atoms with van der Waals surface area (Å²) in [7, 11) is 3.34. The van der Waals surface area contributed by atoms with Crippen molar-refractivity contribution in [3.05, 3.63) is 113 Å². The van der Waals surface area contributed by atoms with Gasteiger partial charge in [0, 0.05) is 25.7 Å². The van der Waals surface area contributed by atoms with E-state index in [4.69, 9.17) is 9.15 Å². The Bertz CT molecular complexity index is 1480. The van der Waals surface area contributed by atoms with E-state index < -0.39 is 12.1 Å². The third-order valence-corrected chi connectivity index (χ3v) is 7.41. The van der Waals surface area contributed by atoms with Crippen molar-refractivity contribution in [3.8, 4) is 5.75 Å². The predicted octanol–water partition coefficient (Wildman–Crippen LogP) is 4.74. The maximum Gasteiger partial charge on any atom is 0.243 e. The third-order valence-electron chi connectivity index (χ3n) is 7.41. The van der Waals surface area contributed by atoms with Gasteiger partial charge in [0.2, 0.25) is 11.8 Å². The van der Waals surface area contributed by atoms with Crippen molar-refractivity contribution < 1.29 is 18.7 Å². The highest BCUT2D eigenvalue weighted by atomic mass is 16.5. The summed E-state index contributed by atoms with van der Waals surface area (Å²) in [4.78, 5) is 29.3. The van der Waals surface area contributed by atoms with Crippen molar-refractivity contribution >= 4 is 23.2 Å². The summed E-state index contributed by atoms with van der Waals surface area (Å²) in [6.45, 7) is 2.66. The minimum Gasteiger partial charge on any atom is -0.495 e. The number of anilines is 2. The van der Waals surface area contributed by atoms with Gasteiger partial charge in [0.25, 0.3) is 0 Å². The molecule has 0 saturated heterocycles. The molecular weight excluding hydrogens is 516 g/mol. The summed E-state index contributed by atoms with van der Waals surface area (Å²) < 4.78 is 11.3. The first kappa shape index (κ1) is 28.0. The number of carbonyl (C=O) groups is 2. The van der Waals surface area contributed by atoms with Crippen LogP contribution in [0, 0.1) is 6.92 Å². The number of hydrogen-bond acceptors (Lipinski definition) is 6. The van der Waals surface area contributed by atoms with Gasteiger partial charge in [-0.2, -0.15) is 0 Å². The van der Waals surface area contributed by atoms with Gasteiger partial charge < -0.3 is 24.7 Å². The Labute approximate surface area is 240 Å². The normalized spacial score (nSPS) is 17.0. The number of furan rings is 1. The minimum absolute atomic E-state index is 0.166. The topological polar surface area (TPSA) is 95.8 Å². The summed E-state index contributed by atoms with van der Waals surface area (Å²) in [6.07, 6.45) is 0.791. The molecule has 0 unspecified atom stereocenters.